The van der Waals surface area contributed by atoms with E-state index in [4.69, 9.17) is 0 Å². The van der Waals surface area contributed by atoms with Gasteiger partial charge in [0.05, 0.1) is 0 Å². The highest BCUT2D eigenvalue weighted by Gasteiger charge is 2.12. The van der Waals surface area contributed by atoms with Gasteiger partial charge in [-0.25, -0.2) is 0 Å². The Labute approximate surface area is 84.4 Å². The topological polar surface area (TPSA) is 82.8 Å². The Morgan fingerprint density at radius 2 is 1.47 bits per heavy atom. The van der Waals surface area contributed by atoms with Crippen LogP contribution in [0.15, 0.2) is 21.7 Å². The maximum Gasteiger partial charge on any atom is 0.308 e. The van der Waals surface area contributed by atoms with Crippen molar-refractivity contribution in [2.75, 3.05) is 0 Å². The summed E-state index contributed by atoms with van der Waals surface area (Å²) in [6, 6.07) is 0. The highest BCUT2D eigenvalue weighted by molar-refractivity contribution is 5.70. The van der Waals surface area contributed by atoms with Crippen molar-refractivity contribution in [1.29, 1.82) is 0 Å². The third-order valence-corrected chi connectivity index (χ3v) is 1.31. The molecule has 0 amide bonds. The van der Waals surface area contributed by atoms with E-state index in [1.165, 1.54) is 0 Å². The molecule has 0 spiro atoms. The highest BCUT2D eigenvalue weighted by Crippen LogP contribution is 2.11. The molecule has 0 aliphatic carbocycles. The van der Waals surface area contributed by atoms with Crippen LogP contribution in [-0.4, -0.2) is 11.9 Å². The van der Waals surface area contributed by atoms with Crippen LogP contribution in [0.2, 0.25) is 0 Å². The summed E-state index contributed by atoms with van der Waals surface area (Å²) in [5, 5.41) is 0. The minimum atomic E-state index is -0.716. The van der Waals surface area contributed by atoms with Crippen molar-refractivity contribution in [2.24, 2.45) is 0 Å². The lowest BCUT2D eigenvalue weighted by atomic mass is 10.4. The van der Waals surface area contributed by atoms with Gasteiger partial charge >= 0.3 is 11.9 Å². The summed E-state index contributed by atoms with van der Waals surface area (Å²) in [5.74, 6) is -1.97. The molecule has 0 unspecified atom stereocenters. The van der Waals surface area contributed by atoms with Gasteiger partial charge < -0.3 is 13.9 Å². The zero-order chi connectivity index (χ0) is 11.4. The Kier molecular flexibility index (Phi) is 3.22. The van der Waals surface area contributed by atoms with Gasteiger partial charge in [0, 0.05) is 13.8 Å². The largest absolute Gasteiger partial charge is 0.465 e. The molecule has 0 aliphatic rings. The van der Waals surface area contributed by atoms with Crippen molar-refractivity contribution < 1.29 is 23.5 Å². The van der Waals surface area contributed by atoms with Crippen molar-refractivity contribution in [3.05, 3.63) is 22.7 Å². The molecule has 1 aromatic rings. The van der Waals surface area contributed by atoms with E-state index in [0.717, 1.165) is 26.4 Å². The van der Waals surface area contributed by atoms with Gasteiger partial charge in [-0.15, -0.1) is 0 Å². The van der Waals surface area contributed by atoms with Crippen LogP contribution >= 0.6 is 0 Å². The van der Waals surface area contributed by atoms with E-state index in [9.17, 15) is 14.4 Å². The van der Waals surface area contributed by atoms with E-state index in [1.54, 1.807) is 0 Å². The second-order valence-corrected chi connectivity index (χ2v) is 2.62. The molecule has 0 fully saturated rings. The molecule has 0 radical (unpaired) electrons. The first-order chi connectivity index (χ1) is 7.00. The minimum absolute atomic E-state index is 0.318. The summed E-state index contributed by atoms with van der Waals surface area (Å²) >= 11 is 0. The summed E-state index contributed by atoms with van der Waals surface area (Å²) in [4.78, 5) is 32.6. The number of carbonyl (C=O) groups is 2. The lowest BCUT2D eigenvalue weighted by Crippen LogP contribution is -2.15. The smallest absolute Gasteiger partial charge is 0.308 e. The van der Waals surface area contributed by atoms with Crippen LogP contribution < -0.4 is 14.9 Å². The molecule has 0 atom stereocenters. The summed E-state index contributed by atoms with van der Waals surface area (Å²) < 4.78 is 13.7. The first-order valence-electron chi connectivity index (χ1n) is 3.98. The average molecular weight is 212 g/mol. The molecule has 0 N–H and O–H groups in total. The Bertz CT molecular complexity index is 407. The first kappa shape index (κ1) is 11.0. The van der Waals surface area contributed by atoms with Gasteiger partial charge in [0.1, 0.15) is 12.5 Å². The summed E-state index contributed by atoms with van der Waals surface area (Å²) in [6.45, 7) is 2.27. The van der Waals surface area contributed by atoms with Crippen LogP contribution in [0.25, 0.3) is 0 Å². The fraction of sp³-hybridized carbons (Fsp3) is 0.222. The molecule has 0 saturated heterocycles. The lowest BCUT2D eigenvalue weighted by molar-refractivity contribution is -0.132. The summed E-state index contributed by atoms with van der Waals surface area (Å²) in [6.07, 6.45) is 1.91. The van der Waals surface area contributed by atoms with Gasteiger partial charge in [0.25, 0.3) is 5.43 Å². The van der Waals surface area contributed by atoms with Crippen LogP contribution in [0.4, 0.5) is 0 Å². The summed E-state index contributed by atoms with van der Waals surface area (Å²) in [7, 11) is 0. The molecule has 0 aromatic carbocycles. The third-order valence-electron chi connectivity index (χ3n) is 1.31. The molecule has 6 heteroatoms. The molecule has 0 aliphatic heterocycles. The number of carbonyl (C=O) groups excluding carboxylic acids is 2. The molecule has 15 heavy (non-hydrogen) atoms. The number of hydrogen-bond donors (Lipinski definition) is 0. The Balaban J connectivity index is 3.06. The van der Waals surface area contributed by atoms with Crippen LogP contribution in [-0.2, 0) is 9.59 Å². The molecule has 0 bridgehead atoms. The van der Waals surface area contributed by atoms with Gasteiger partial charge in [-0.1, -0.05) is 0 Å². The van der Waals surface area contributed by atoms with Gasteiger partial charge in [-0.3, -0.25) is 14.4 Å². The number of ether oxygens (including phenoxy) is 2. The van der Waals surface area contributed by atoms with Crippen molar-refractivity contribution in [3.63, 3.8) is 0 Å². The predicted octanol–water partition coefficient (Wildman–Crippen LogP) is 0.490. The van der Waals surface area contributed by atoms with Crippen molar-refractivity contribution >= 4 is 11.9 Å². The maximum absolute atomic E-state index is 11.4. The molecule has 0 saturated carbocycles. The number of rotatable bonds is 2. The normalized spacial score (nSPS) is 9.47. The Hall–Kier alpha value is -2.11. The van der Waals surface area contributed by atoms with E-state index in [-0.39, 0.29) is 11.5 Å². The van der Waals surface area contributed by atoms with Crippen LogP contribution in [0.3, 0.4) is 0 Å². The minimum Gasteiger partial charge on any atom is -0.465 e. The second kappa shape index (κ2) is 4.41. The highest BCUT2D eigenvalue weighted by atomic mass is 16.6. The molecule has 80 valence electrons. The predicted molar refractivity (Wildman–Crippen MR) is 47.6 cm³/mol. The lowest BCUT2D eigenvalue weighted by Gasteiger charge is -2.01. The van der Waals surface area contributed by atoms with Gasteiger partial charge in [-0.2, -0.15) is 0 Å². The van der Waals surface area contributed by atoms with Gasteiger partial charge in [0.15, 0.2) is 0 Å². The van der Waals surface area contributed by atoms with E-state index >= 15 is 0 Å². The quantitative estimate of drug-likeness (QED) is 0.663. The number of esters is 2. The molecule has 1 rings (SSSR count). The second-order valence-electron chi connectivity index (χ2n) is 2.62. The van der Waals surface area contributed by atoms with Crippen molar-refractivity contribution in [3.8, 4) is 11.5 Å². The molecular weight excluding hydrogens is 204 g/mol. The van der Waals surface area contributed by atoms with Crippen molar-refractivity contribution in [1.82, 2.24) is 0 Å². The molecule has 6 nitrogen and oxygen atoms in total. The zero-order valence-electron chi connectivity index (χ0n) is 8.10. The van der Waals surface area contributed by atoms with Crippen LogP contribution in [0.1, 0.15) is 13.8 Å². The first-order valence-corrected chi connectivity index (χ1v) is 3.98. The standard InChI is InChI=1S/C9H8O6/c1-5(10)14-7-3-13-4-8(9(7)12)15-6(2)11/h3-4H,1-2H3. The average Bonchev–Trinajstić information content (AvgIpc) is 2.10. The molecule has 1 heterocycles. The fourth-order valence-electron chi connectivity index (χ4n) is 0.837. The van der Waals surface area contributed by atoms with Crippen molar-refractivity contribution in [2.45, 2.75) is 13.8 Å². The SMILES string of the molecule is CC(=O)Oc1cocc(OC(C)=O)c1=O. The van der Waals surface area contributed by atoms with Crippen LogP contribution in [0, 0.1) is 0 Å². The van der Waals surface area contributed by atoms with Gasteiger partial charge in [-0.05, 0) is 0 Å². The Morgan fingerprint density at radius 1 is 1.07 bits per heavy atom. The van der Waals surface area contributed by atoms with Crippen LogP contribution in [0.5, 0.6) is 11.5 Å². The van der Waals surface area contributed by atoms with Gasteiger partial charge in [0.2, 0.25) is 11.5 Å². The monoisotopic (exact) mass is 212 g/mol. The van der Waals surface area contributed by atoms with E-state index in [0.29, 0.717) is 0 Å². The van der Waals surface area contributed by atoms with E-state index < -0.39 is 17.4 Å². The summed E-state index contributed by atoms with van der Waals surface area (Å²) in [5.41, 5.74) is -0.716. The molecular formula is C9H8O6. The number of hydrogen-bond acceptors (Lipinski definition) is 6. The maximum atomic E-state index is 11.4. The van der Waals surface area contributed by atoms with E-state index in [1.807, 2.05) is 0 Å². The molecule has 1 aromatic heterocycles. The fourth-order valence-corrected chi connectivity index (χ4v) is 0.837. The zero-order valence-corrected chi connectivity index (χ0v) is 8.10. The van der Waals surface area contributed by atoms with E-state index in [2.05, 4.69) is 13.9 Å². The Morgan fingerprint density at radius 3 is 1.80 bits per heavy atom. The third kappa shape index (κ3) is 2.94.